The predicted molar refractivity (Wildman–Crippen MR) is 97.2 cm³/mol. The molecule has 0 amide bonds. The molecule has 3 rings (SSSR count). The van der Waals surface area contributed by atoms with Crippen molar-refractivity contribution in [3.05, 3.63) is 52.2 Å². The molecule has 2 heterocycles. The van der Waals surface area contributed by atoms with E-state index in [1.54, 1.807) is 20.0 Å². The average Bonchev–Trinajstić information content (AvgIpc) is 3.08. The second-order valence-electron chi connectivity index (χ2n) is 6.42. The smallest absolute Gasteiger partial charge is 0.254 e. The van der Waals surface area contributed by atoms with Crippen LogP contribution in [-0.2, 0) is 17.1 Å². The highest BCUT2D eigenvalue weighted by atomic mass is 32.2. The topological polar surface area (TPSA) is 77.8 Å². The predicted octanol–water partition coefficient (Wildman–Crippen LogP) is 1.68. The lowest BCUT2D eigenvalue weighted by Gasteiger charge is -2.18. The van der Waals surface area contributed by atoms with Gasteiger partial charge in [0.15, 0.2) is 11.6 Å². The Labute approximate surface area is 157 Å². The number of hydrogen-bond donors (Lipinski definition) is 0. The van der Waals surface area contributed by atoms with Crippen molar-refractivity contribution in [1.82, 2.24) is 8.87 Å². The van der Waals surface area contributed by atoms with Crippen LogP contribution in [0, 0.1) is 12.7 Å². The van der Waals surface area contributed by atoms with Crippen molar-refractivity contribution >= 4 is 10.0 Å². The number of ether oxygens (including phenoxy) is 2. The van der Waals surface area contributed by atoms with Crippen molar-refractivity contribution in [3.8, 4) is 11.5 Å². The molecule has 2 aromatic rings. The molecule has 0 N–H and O–H groups in total. The number of benzene rings is 1. The lowest BCUT2D eigenvalue weighted by Crippen LogP contribution is -2.31. The molecule has 1 aromatic carbocycles. The Bertz CT molecular complexity index is 1020. The van der Waals surface area contributed by atoms with Gasteiger partial charge in [0.1, 0.15) is 11.9 Å². The molecular formula is C18H21FN2O5S. The third-order valence-electron chi connectivity index (χ3n) is 4.65. The number of aryl methyl sites for hydroxylation is 1. The van der Waals surface area contributed by atoms with Gasteiger partial charge in [-0.2, -0.15) is 4.31 Å². The largest absolute Gasteiger partial charge is 0.494 e. The zero-order valence-electron chi connectivity index (χ0n) is 15.3. The first kappa shape index (κ1) is 19.4. The lowest BCUT2D eigenvalue weighted by molar-refractivity contribution is 0.214. The van der Waals surface area contributed by atoms with Gasteiger partial charge in [-0.15, -0.1) is 0 Å². The normalized spacial score (nSPS) is 17.9. The fourth-order valence-electron chi connectivity index (χ4n) is 2.97. The van der Waals surface area contributed by atoms with Crippen LogP contribution in [0.1, 0.15) is 12.1 Å². The van der Waals surface area contributed by atoms with Crippen molar-refractivity contribution in [2.75, 3.05) is 20.2 Å². The van der Waals surface area contributed by atoms with E-state index in [4.69, 9.17) is 9.47 Å². The molecule has 1 unspecified atom stereocenters. The van der Waals surface area contributed by atoms with Crippen molar-refractivity contribution in [2.45, 2.75) is 24.3 Å². The highest BCUT2D eigenvalue weighted by Gasteiger charge is 2.34. The van der Waals surface area contributed by atoms with Crippen LogP contribution >= 0.6 is 0 Å². The molecule has 0 saturated carbocycles. The summed E-state index contributed by atoms with van der Waals surface area (Å²) in [4.78, 5) is 11.7. The summed E-state index contributed by atoms with van der Waals surface area (Å²) in [6.07, 6.45) is 0.0981. The minimum Gasteiger partial charge on any atom is -0.494 e. The summed E-state index contributed by atoms with van der Waals surface area (Å²) in [6.45, 7) is 2.17. The Balaban J connectivity index is 1.75. The van der Waals surface area contributed by atoms with Gasteiger partial charge in [-0.3, -0.25) is 4.79 Å². The number of aromatic nitrogens is 1. The summed E-state index contributed by atoms with van der Waals surface area (Å²) >= 11 is 0. The molecule has 1 fully saturated rings. The highest BCUT2D eigenvalue weighted by molar-refractivity contribution is 7.89. The molecule has 146 valence electrons. The van der Waals surface area contributed by atoms with E-state index in [1.807, 2.05) is 0 Å². The molecule has 1 saturated heterocycles. The molecule has 1 aromatic heterocycles. The minimum absolute atomic E-state index is 0.0161. The molecule has 0 spiro atoms. The zero-order valence-corrected chi connectivity index (χ0v) is 16.1. The fraction of sp³-hybridized carbons (Fsp3) is 0.389. The van der Waals surface area contributed by atoms with Crippen LogP contribution in [0.2, 0.25) is 0 Å². The van der Waals surface area contributed by atoms with E-state index in [2.05, 4.69) is 0 Å². The van der Waals surface area contributed by atoms with E-state index in [0.717, 1.165) is 11.8 Å². The highest BCUT2D eigenvalue weighted by Crippen LogP contribution is 2.27. The molecule has 0 aliphatic carbocycles. The van der Waals surface area contributed by atoms with E-state index < -0.39 is 15.8 Å². The third-order valence-corrected chi connectivity index (χ3v) is 6.51. The van der Waals surface area contributed by atoms with E-state index in [1.165, 1.54) is 34.2 Å². The molecule has 1 atom stereocenters. The number of rotatable bonds is 5. The molecule has 1 aliphatic rings. The second-order valence-corrected chi connectivity index (χ2v) is 8.36. The first-order chi connectivity index (χ1) is 12.7. The summed E-state index contributed by atoms with van der Waals surface area (Å²) in [5, 5.41) is 0. The van der Waals surface area contributed by atoms with Gasteiger partial charge >= 0.3 is 0 Å². The van der Waals surface area contributed by atoms with E-state index in [0.29, 0.717) is 12.2 Å². The molecule has 0 bridgehead atoms. The average molecular weight is 396 g/mol. The SMILES string of the molecule is COc1ccc(S(=O)(=O)N2CCC(Oc3cc(C)n(C)c(=O)c3)C2)cc1F. The van der Waals surface area contributed by atoms with Crippen LogP contribution in [0.5, 0.6) is 11.5 Å². The molecule has 1 aliphatic heterocycles. The van der Waals surface area contributed by atoms with Crippen LogP contribution in [0.3, 0.4) is 0 Å². The monoisotopic (exact) mass is 396 g/mol. The summed E-state index contributed by atoms with van der Waals surface area (Å²) in [6, 6.07) is 6.66. The van der Waals surface area contributed by atoms with Gasteiger partial charge in [0.05, 0.1) is 18.6 Å². The van der Waals surface area contributed by atoms with Crippen LogP contribution in [0.25, 0.3) is 0 Å². The van der Waals surface area contributed by atoms with Crippen molar-refractivity contribution < 1.29 is 22.3 Å². The van der Waals surface area contributed by atoms with Gasteiger partial charge in [0.25, 0.3) is 5.56 Å². The van der Waals surface area contributed by atoms with Crippen molar-refractivity contribution in [1.29, 1.82) is 0 Å². The number of sulfonamides is 1. The number of nitrogens with zero attached hydrogens (tertiary/aromatic N) is 2. The van der Waals surface area contributed by atoms with E-state index in [9.17, 15) is 17.6 Å². The maximum Gasteiger partial charge on any atom is 0.254 e. The van der Waals surface area contributed by atoms with Gasteiger partial charge in [-0.05, 0) is 37.6 Å². The van der Waals surface area contributed by atoms with Crippen LogP contribution < -0.4 is 15.0 Å². The van der Waals surface area contributed by atoms with Crippen LogP contribution in [-0.4, -0.2) is 43.6 Å². The van der Waals surface area contributed by atoms with Gasteiger partial charge < -0.3 is 14.0 Å². The molecule has 27 heavy (non-hydrogen) atoms. The Morgan fingerprint density at radius 3 is 2.59 bits per heavy atom. The quantitative estimate of drug-likeness (QED) is 0.769. The Morgan fingerprint density at radius 1 is 1.22 bits per heavy atom. The Kier molecular flexibility index (Phi) is 5.25. The van der Waals surface area contributed by atoms with Crippen LogP contribution in [0.4, 0.5) is 4.39 Å². The fourth-order valence-corrected chi connectivity index (χ4v) is 4.46. The number of hydrogen-bond acceptors (Lipinski definition) is 5. The Morgan fingerprint density at radius 2 is 1.96 bits per heavy atom. The molecule has 7 nitrogen and oxygen atoms in total. The number of halogens is 1. The van der Waals surface area contributed by atoms with E-state index >= 15 is 0 Å². The standard InChI is InChI=1S/C18H21FN2O5S/c1-12-8-14(9-18(22)20(12)2)26-13-6-7-21(11-13)27(23,24)15-4-5-17(25-3)16(19)10-15/h4-5,8-10,13H,6-7,11H2,1-3H3. The second kappa shape index (κ2) is 7.32. The summed E-state index contributed by atoms with van der Waals surface area (Å²) in [5.74, 6) is -0.339. The summed E-state index contributed by atoms with van der Waals surface area (Å²) in [5.41, 5.74) is 0.551. The molecule has 0 radical (unpaired) electrons. The first-order valence-electron chi connectivity index (χ1n) is 8.40. The third kappa shape index (κ3) is 3.84. The molecule has 9 heteroatoms. The first-order valence-corrected chi connectivity index (χ1v) is 9.84. The van der Waals surface area contributed by atoms with Crippen molar-refractivity contribution in [3.63, 3.8) is 0 Å². The van der Waals surface area contributed by atoms with Crippen LogP contribution in [0.15, 0.2) is 40.0 Å². The number of pyridine rings is 1. The van der Waals surface area contributed by atoms with Gasteiger partial charge in [0.2, 0.25) is 10.0 Å². The van der Waals surface area contributed by atoms with E-state index in [-0.39, 0.29) is 35.4 Å². The summed E-state index contributed by atoms with van der Waals surface area (Å²) < 4.78 is 52.7. The molecular weight excluding hydrogens is 375 g/mol. The zero-order chi connectivity index (χ0) is 19.8. The summed E-state index contributed by atoms with van der Waals surface area (Å²) in [7, 11) is -0.863. The van der Waals surface area contributed by atoms with Gasteiger partial charge in [0, 0.05) is 25.4 Å². The number of methoxy groups -OCH3 is 1. The maximum absolute atomic E-state index is 13.9. The van der Waals surface area contributed by atoms with Crippen molar-refractivity contribution in [2.24, 2.45) is 7.05 Å². The maximum atomic E-state index is 13.9. The van der Waals surface area contributed by atoms with Gasteiger partial charge in [-0.1, -0.05) is 0 Å². The Hall–Kier alpha value is -2.39. The lowest BCUT2D eigenvalue weighted by atomic mass is 10.3. The van der Waals surface area contributed by atoms with Gasteiger partial charge in [-0.25, -0.2) is 12.8 Å². The minimum atomic E-state index is -3.84.